The van der Waals surface area contributed by atoms with Gasteiger partial charge in [0.1, 0.15) is 10.8 Å². The van der Waals surface area contributed by atoms with Gasteiger partial charge in [0.25, 0.3) is 0 Å². The van der Waals surface area contributed by atoms with Gasteiger partial charge in [0.05, 0.1) is 0 Å². The van der Waals surface area contributed by atoms with Gasteiger partial charge in [-0.15, -0.1) is 0 Å². The second kappa shape index (κ2) is 3.75. The Hall–Kier alpha value is -0.420. The van der Waals surface area contributed by atoms with E-state index in [4.69, 9.17) is 5.73 Å². The third-order valence-electron chi connectivity index (χ3n) is 2.22. The van der Waals surface area contributed by atoms with E-state index in [0.717, 1.165) is 10.9 Å². The molecular weight excluding hydrogens is 202 g/mol. The third-order valence-corrected chi connectivity index (χ3v) is 4.31. The van der Waals surface area contributed by atoms with Gasteiger partial charge in [0.15, 0.2) is 0 Å². The van der Waals surface area contributed by atoms with Gasteiger partial charge in [-0.05, 0) is 23.2 Å². The molecule has 0 aliphatic carbocycles. The highest BCUT2D eigenvalue weighted by Crippen LogP contribution is 2.28. The maximum absolute atomic E-state index is 5.54. The molecule has 1 saturated heterocycles. The summed E-state index contributed by atoms with van der Waals surface area (Å²) in [7, 11) is 0. The molecule has 1 aliphatic heterocycles. The molecule has 2 heterocycles. The Morgan fingerprint density at radius 3 is 3.00 bits per heavy atom. The quantitative estimate of drug-likeness (QED) is 0.791. The molecule has 5 heteroatoms. The van der Waals surface area contributed by atoms with Gasteiger partial charge < -0.3 is 11.1 Å². The summed E-state index contributed by atoms with van der Waals surface area (Å²) in [5.41, 5.74) is 5.54. The Kier molecular flexibility index (Phi) is 2.64. The van der Waals surface area contributed by atoms with E-state index in [1.165, 1.54) is 23.0 Å². The fourth-order valence-electron chi connectivity index (χ4n) is 1.38. The molecule has 2 rings (SSSR count). The Balaban J connectivity index is 1.97. The number of rotatable bonds is 2. The van der Waals surface area contributed by atoms with E-state index in [1.807, 2.05) is 17.8 Å². The van der Waals surface area contributed by atoms with Crippen molar-refractivity contribution in [1.29, 1.82) is 0 Å². The molecule has 0 bridgehead atoms. The van der Waals surface area contributed by atoms with Crippen molar-refractivity contribution < 1.29 is 0 Å². The highest BCUT2D eigenvalue weighted by Gasteiger charge is 2.23. The zero-order valence-electron chi connectivity index (χ0n) is 7.49. The van der Waals surface area contributed by atoms with Crippen LogP contribution in [0, 0.1) is 5.92 Å². The van der Waals surface area contributed by atoms with E-state index in [-0.39, 0.29) is 0 Å². The Morgan fingerprint density at radius 1 is 1.62 bits per heavy atom. The number of hydrogen-bond donors (Lipinski definition) is 2. The Bertz CT molecular complexity index is 287. The summed E-state index contributed by atoms with van der Waals surface area (Å²) < 4.78 is 4.03. The fraction of sp³-hybridized carbons (Fsp3) is 0.625. The van der Waals surface area contributed by atoms with Crippen LogP contribution in [0.1, 0.15) is 6.92 Å². The number of anilines is 2. The minimum atomic E-state index is 0.588. The first kappa shape index (κ1) is 9.15. The van der Waals surface area contributed by atoms with Crippen molar-refractivity contribution in [3.05, 3.63) is 6.07 Å². The summed E-state index contributed by atoms with van der Waals surface area (Å²) >= 11 is 3.45. The number of nitrogens with zero attached hydrogens (tertiary/aromatic N) is 1. The molecular formula is C8H13N3S2. The molecule has 3 N–H and O–H groups in total. The number of hydrogen-bond acceptors (Lipinski definition) is 5. The van der Waals surface area contributed by atoms with Crippen LogP contribution in [0.3, 0.4) is 0 Å². The number of nitrogens with two attached hydrogens (primary N) is 1. The van der Waals surface area contributed by atoms with E-state index in [9.17, 15) is 0 Å². The molecule has 1 aromatic rings. The molecule has 1 fully saturated rings. The number of thioether (sulfide) groups is 1. The monoisotopic (exact) mass is 215 g/mol. The van der Waals surface area contributed by atoms with Crippen molar-refractivity contribution in [1.82, 2.24) is 4.37 Å². The van der Waals surface area contributed by atoms with Crippen molar-refractivity contribution in [2.75, 3.05) is 22.6 Å². The minimum Gasteiger partial charge on any atom is -0.383 e. The van der Waals surface area contributed by atoms with E-state index in [0.29, 0.717) is 11.9 Å². The van der Waals surface area contributed by atoms with Gasteiger partial charge in [-0.1, -0.05) is 6.92 Å². The van der Waals surface area contributed by atoms with Crippen LogP contribution >= 0.6 is 23.3 Å². The third kappa shape index (κ3) is 2.08. The van der Waals surface area contributed by atoms with Crippen LogP contribution in [0.25, 0.3) is 0 Å². The summed E-state index contributed by atoms with van der Waals surface area (Å²) in [4.78, 5) is 0. The van der Waals surface area contributed by atoms with E-state index in [1.54, 1.807) is 0 Å². The normalized spacial score (nSPS) is 27.8. The van der Waals surface area contributed by atoms with Crippen LogP contribution in [0.5, 0.6) is 0 Å². The standard InChI is InChI=1S/C8H13N3S2/c1-5-3-12-4-6(5)10-8-2-7(9)11-13-8/h2,5-6,10H,3-4H2,1H3,(H2,9,11). The summed E-state index contributed by atoms with van der Waals surface area (Å²) in [6, 6.07) is 2.49. The zero-order chi connectivity index (χ0) is 9.26. The molecule has 0 aromatic carbocycles. The van der Waals surface area contributed by atoms with Crippen LogP contribution in [0.2, 0.25) is 0 Å². The second-order valence-electron chi connectivity index (χ2n) is 3.38. The molecule has 2 unspecified atom stereocenters. The lowest BCUT2D eigenvalue weighted by Gasteiger charge is -2.15. The van der Waals surface area contributed by atoms with Crippen LogP contribution in [-0.2, 0) is 0 Å². The minimum absolute atomic E-state index is 0.588. The highest BCUT2D eigenvalue weighted by atomic mass is 32.2. The summed E-state index contributed by atoms with van der Waals surface area (Å²) in [6.07, 6.45) is 0. The van der Waals surface area contributed by atoms with E-state index >= 15 is 0 Å². The molecule has 0 spiro atoms. The first-order valence-corrected chi connectivity index (χ1v) is 6.25. The lowest BCUT2D eigenvalue weighted by molar-refractivity contribution is 0.600. The van der Waals surface area contributed by atoms with Crippen molar-refractivity contribution in [2.24, 2.45) is 5.92 Å². The topological polar surface area (TPSA) is 50.9 Å². The van der Waals surface area contributed by atoms with Gasteiger partial charge in [-0.2, -0.15) is 16.1 Å². The SMILES string of the molecule is CC1CSCC1Nc1cc(N)ns1. The average molecular weight is 215 g/mol. The van der Waals surface area contributed by atoms with Crippen molar-refractivity contribution in [3.63, 3.8) is 0 Å². The predicted molar refractivity (Wildman–Crippen MR) is 60.4 cm³/mol. The lowest BCUT2D eigenvalue weighted by Crippen LogP contribution is -2.24. The largest absolute Gasteiger partial charge is 0.383 e. The summed E-state index contributed by atoms with van der Waals surface area (Å²) in [5, 5.41) is 4.56. The van der Waals surface area contributed by atoms with Gasteiger partial charge in [-0.25, -0.2) is 0 Å². The molecule has 13 heavy (non-hydrogen) atoms. The van der Waals surface area contributed by atoms with Gasteiger partial charge in [0, 0.05) is 17.9 Å². The molecule has 3 nitrogen and oxygen atoms in total. The fourth-order valence-corrected chi connectivity index (χ4v) is 3.42. The maximum Gasteiger partial charge on any atom is 0.139 e. The zero-order valence-corrected chi connectivity index (χ0v) is 9.12. The average Bonchev–Trinajstić information content (AvgIpc) is 2.64. The molecule has 72 valence electrons. The van der Waals surface area contributed by atoms with Gasteiger partial charge >= 0.3 is 0 Å². The molecule has 2 atom stereocenters. The lowest BCUT2D eigenvalue weighted by atomic mass is 10.1. The molecule has 0 saturated carbocycles. The first-order chi connectivity index (χ1) is 6.25. The maximum atomic E-state index is 5.54. The Labute approximate surface area is 86.3 Å². The summed E-state index contributed by atoms with van der Waals surface area (Å²) in [5.74, 6) is 3.81. The van der Waals surface area contributed by atoms with Crippen LogP contribution < -0.4 is 11.1 Å². The molecule has 0 radical (unpaired) electrons. The number of nitrogen functional groups attached to an aromatic ring is 1. The van der Waals surface area contributed by atoms with Crippen LogP contribution in [0.4, 0.5) is 10.8 Å². The van der Waals surface area contributed by atoms with Gasteiger partial charge in [-0.3, -0.25) is 0 Å². The van der Waals surface area contributed by atoms with Crippen molar-refractivity contribution >= 4 is 34.1 Å². The predicted octanol–water partition coefficient (Wildman–Crippen LogP) is 1.89. The van der Waals surface area contributed by atoms with E-state index in [2.05, 4.69) is 16.6 Å². The van der Waals surface area contributed by atoms with Crippen molar-refractivity contribution in [2.45, 2.75) is 13.0 Å². The van der Waals surface area contributed by atoms with Crippen LogP contribution in [-0.4, -0.2) is 21.9 Å². The van der Waals surface area contributed by atoms with Crippen LogP contribution in [0.15, 0.2) is 6.07 Å². The van der Waals surface area contributed by atoms with Crippen molar-refractivity contribution in [3.8, 4) is 0 Å². The molecule has 1 aliphatic rings. The highest BCUT2D eigenvalue weighted by molar-refractivity contribution is 7.99. The number of aromatic nitrogens is 1. The van der Waals surface area contributed by atoms with E-state index < -0.39 is 0 Å². The smallest absolute Gasteiger partial charge is 0.139 e. The summed E-state index contributed by atoms with van der Waals surface area (Å²) in [6.45, 7) is 2.28. The first-order valence-electron chi connectivity index (χ1n) is 4.32. The number of nitrogens with one attached hydrogen (secondary N) is 1. The molecule has 1 aromatic heterocycles. The second-order valence-corrected chi connectivity index (χ2v) is 5.26. The van der Waals surface area contributed by atoms with Gasteiger partial charge in [0.2, 0.25) is 0 Å². The Morgan fingerprint density at radius 2 is 2.46 bits per heavy atom. The molecule has 0 amide bonds.